The molecule has 0 bridgehead atoms. The van der Waals surface area contributed by atoms with Crippen LogP contribution in [0.5, 0.6) is 0 Å². The van der Waals surface area contributed by atoms with E-state index in [1.807, 2.05) is 23.9 Å². The van der Waals surface area contributed by atoms with Crippen LogP contribution in [0.4, 0.5) is 0 Å². The van der Waals surface area contributed by atoms with Crippen molar-refractivity contribution in [2.24, 2.45) is 12.9 Å². The monoisotopic (exact) mass is 308 g/mol. The summed E-state index contributed by atoms with van der Waals surface area (Å²) in [6.45, 7) is 2.14. The molecular formula is C13H17BrN4. The zero-order chi connectivity index (χ0) is 13.1. The first-order chi connectivity index (χ1) is 8.69. The van der Waals surface area contributed by atoms with Crippen molar-refractivity contribution in [3.63, 3.8) is 0 Å². The van der Waals surface area contributed by atoms with E-state index >= 15 is 0 Å². The van der Waals surface area contributed by atoms with Crippen LogP contribution in [0.25, 0.3) is 0 Å². The van der Waals surface area contributed by atoms with Gasteiger partial charge in [0.15, 0.2) is 0 Å². The lowest BCUT2D eigenvalue weighted by atomic mass is 9.97. The highest BCUT2D eigenvalue weighted by molar-refractivity contribution is 9.10. The zero-order valence-electron chi connectivity index (χ0n) is 10.5. The van der Waals surface area contributed by atoms with Crippen LogP contribution in [0.15, 0.2) is 34.9 Å². The molecule has 18 heavy (non-hydrogen) atoms. The van der Waals surface area contributed by atoms with Crippen molar-refractivity contribution < 1.29 is 0 Å². The molecule has 0 radical (unpaired) electrons. The van der Waals surface area contributed by atoms with Crippen LogP contribution in [-0.2, 0) is 13.5 Å². The minimum atomic E-state index is -0.0666. The molecule has 5 heteroatoms. The van der Waals surface area contributed by atoms with Crippen molar-refractivity contribution >= 4 is 15.9 Å². The minimum Gasteiger partial charge on any atom is -0.271 e. The molecule has 0 aliphatic heterocycles. The van der Waals surface area contributed by atoms with E-state index in [9.17, 15) is 0 Å². The molecule has 0 saturated heterocycles. The van der Waals surface area contributed by atoms with Crippen LogP contribution >= 0.6 is 15.9 Å². The van der Waals surface area contributed by atoms with Crippen molar-refractivity contribution in [1.82, 2.24) is 15.2 Å². The minimum absolute atomic E-state index is 0.0666. The van der Waals surface area contributed by atoms with E-state index in [2.05, 4.69) is 45.5 Å². The Labute approximate surface area is 115 Å². The van der Waals surface area contributed by atoms with Gasteiger partial charge in [0.2, 0.25) is 0 Å². The number of nitrogens with one attached hydrogen (secondary N) is 1. The van der Waals surface area contributed by atoms with Gasteiger partial charge in [-0.05, 0) is 33.5 Å². The van der Waals surface area contributed by atoms with Gasteiger partial charge in [-0.15, -0.1) is 0 Å². The van der Waals surface area contributed by atoms with E-state index in [4.69, 9.17) is 5.84 Å². The summed E-state index contributed by atoms with van der Waals surface area (Å²) in [5, 5.41) is 4.24. The first-order valence-corrected chi connectivity index (χ1v) is 6.69. The molecule has 2 aromatic rings. The number of hydrazine groups is 1. The number of hydrogen-bond acceptors (Lipinski definition) is 3. The fourth-order valence-corrected chi connectivity index (χ4v) is 2.78. The maximum absolute atomic E-state index is 5.75. The molecule has 0 amide bonds. The van der Waals surface area contributed by atoms with Crippen LogP contribution in [0.1, 0.15) is 29.8 Å². The largest absolute Gasteiger partial charge is 0.271 e. The Hall–Kier alpha value is -1.17. The number of aryl methyl sites for hydroxylation is 2. The normalized spacial score (nSPS) is 12.7. The summed E-state index contributed by atoms with van der Waals surface area (Å²) >= 11 is 3.52. The summed E-state index contributed by atoms with van der Waals surface area (Å²) < 4.78 is 2.79. The molecule has 0 saturated carbocycles. The average Bonchev–Trinajstić information content (AvgIpc) is 2.72. The number of benzene rings is 1. The molecule has 4 nitrogen and oxygen atoms in total. The molecule has 0 aliphatic rings. The second-order valence-corrected chi connectivity index (χ2v) is 5.01. The fraction of sp³-hybridized carbons (Fsp3) is 0.308. The van der Waals surface area contributed by atoms with Crippen LogP contribution in [0.3, 0.4) is 0 Å². The molecule has 2 rings (SSSR count). The van der Waals surface area contributed by atoms with E-state index in [0.717, 1.165) is 16.6 Å². The van der Waals surface area contributed by atoms with Crippen molar-refractivity contribution in [1.29, 1.82) is 0 Å². The number of nitrogens with zero attached hydrogens (tertiary/aromatic N) is 2. The maximum atomic E-state index is 5.75. The highest BCUT2D eigenvalue weighted by atomic mass is 79.9. The van der Waals surface area contributed by atoms with Crippen molar-refractivity contribution in [2.45, 2.75) is 19.4 Å². The lowest BCUT2D eigenvalue weighted by Gasteiger charge is -2.20. The Bertz CT molecular complexity index is 516. The second-order valence-electron chi connectivity index (χ2n) is 4.15. The van der Waals surface area contributed by atoms with Gasteiger partial charge < -0.3 is 0 Å². The number of nitrogens with two attached hydrogens (primary N) is 1. The quantitative estimate of drug-likeness (QED) is 0.673. The van der Waals surface area contributed by atoms with Crippen LogP contribution in [0, 0.1) is 0 Å². The smallest absolute Gasteiger partial charge is 0.0892 e. The van der Waals surface area contributed by atoms with E-state index in [0.29, 0.717) is 0 Å². The fourth-order valence-electron chi connectivity index (χ4n) is 2.20. The molecule has 1 heterocycles. The third kappa shape index (κ3) is 2.34. The standard InChI is InChI=1S/C13H17BrN4/c1-3-9-6-4-5-7-10(9)12(17-15)13-11(14)8-16-18(13)2/h4-8,12,17H,3,15H2,1-2H3. The Morgan fingerprint density at radius 2 is 2.17 bits per heavy atom. The number of aromatic nitrogens is 2. The van der Waals surface area contributed by atoms with Gasteiger partial charge in [0.05, 0.1) is 22.4 Å². The van der Waals surface area contributed by atoms with Crippen molar-refractivity contribution in [2.75, 3.05) is 0 Å². The first kappa shape index (κ1) is 13.3. The lowest BCUT2D eigenvalue weighted by molar-refractivity contribution is 0.569. The van der Waals surface area contributed by atoms with Gasteiger partial charge in [-0.1, -0.05) is 31.2 Å². The maximum Gasteiger partial charge on any atom is 0.0892 e. The predicted octanol–water partition coefficient (Wildman–Crippen LogP) is 2.30. The van der Waals surface area contributed by atoms with Crippen LogP contribution in [0.2, 0.25) is 0 Å². The summed E-state index contributed by atoms with van der Waals surface area (Å²) in [7, 11) is 1.92. The van der Waals surface area contributed by atoms with Gasteiger partial charge in [-0.2, -0.15) is 5.10 Å². The van der Waals surface area contributed by atoms with Gasteiger partial charge in [-0.3, -0.25) is 10.5 Å². The van der Waals surface area contributed by atoms with Crippen LogP contribution in [-0.4, -0.2) is 9.78 Å². The summed E-state index contributed by atoms with van der Waals surface area (Å²) in [5.74, 6) is 5.75. The Morgan fingerprint density at radius 3 is 2.72 bits per heavy atom. The Morgan fingerprint density at radius 1 is 1.44 bits per heavy atom. The Balaban J connectivity index is 2.52. The Kier molecular flexibility index (Phi) is 4.16. The van der Waals surface area contributed by atoms with Gasteiger partial charge in [0, 0.05) is 7.05 Å². The van der Waals surface area contributed by atoms with E-state index in [-0.39, 0.29) is 6.04 Å². The third-order valence-electron chi connectivity index (χ3n) is 3.12. The molecular weight excluding hydrogens is 292 g/mol. The van der Waals surface area contributed by atoms with Crippen LogP contribution < -0.4 is 11.3 Å². The number of halogens is 1. The highest BCUT2D eigenvalue weighted by Gasteiger charge is 2.21. The molecule has 1 aromatic heterocycles. The lowest BCUT2D eigenvalue weighted by Crippen LogP contribution is -2.31. The molecule has 1 unspecified atom stereocenters. The summed E-state index contributed by atoms with van der Waals surface area (Å²) in [4.78, 5) is 0. The highest BCUT2D eigenvalue weighted by Crippen LogP contribution is 2.29. The SMILES string of the molecule is CCc1ccccc1C(NN)c1c(Br)cnn1C. The summed E-state index contributed by atoms with van der Waals surface area (Å²) in [6.07, 6.45) is 2.76. The second kappa shape index (κ2) is 5.65. The molecule has 1 atom stereocenters. The molecule has 96 valence electrons. The van der Waals surface area contributed by atoms with E-state index < -0.39 is 0 Å². The van der Waals surface area contributed by atoms with E-state index in [1.54, 1.807) is 6.20 Å². The third-order valence-corrected chi connectivity index (χ3v) is 3.74. The molecule has 1 aromatic carbocycles. The topological polar surface area (TPSA) is 55.9 Å². The van der Waals surface area contributed by atoms with Gasteiger partial charge in [-0.25, -0.2) is 5.43 Å². The van der Waals surface area contributed by atoms with Gasteiger partial charge in [0.1, 0.15) is 0 Å². The number of hydrogen-bond donors (Lipinski definition) is 2. The zero-order valence-corrected chi connectivity index (χ0v) is 12.1. The van der Waals surface area contributed by atoms with Crippen molar-refractivity contribution in [3.8, 4) is 0 Å². The van der Waals surface area contributed by atoms with Gasteiger partial charge in [0.25, 0.3) is 0 Å². The molecule has 0 spiro atoms. The number of rotatable bonds is 4. The summed E-state index contributed by atoms with van der Waals surface area (Å²) in [5.41, 5.74) is 6.39. The van der Waals surface area contributed by atoms with Crippen molar-refractivity contribution in [3.05, 3.63) is 51.8 Å². The van der Waals surface area contributed by atoms with Gasteiger partial charge >= 0.3 is 0 Å². The summed E-state index contributed by atoms with van der Waals surface area (Å²) in [6, 6.07) is 8.24. The first-order valence-electron chi connectivity index (χ1n) is 5.90. The molecule has 0 aliphatic carbocycles. The predicted molar refractivity (Wildman–Crippen MR) is 75.9 cm³/mol. The molecule has 3 N–H and O–H groups in total. The van der Waals surface area contributed by atoms with E-state index in [1.165, 1.54) is 11.1 Å². The molecule has 0 fully saturated rings. The average molecular weight is 309 g/mol.